The predicted molar refractivity (Wildman–Crippen MR) is 236 cm³/mol. The van der Waals surface area contributed by atoms with E-state index in [-0.39, 0.29) is 53.8 Å². The molecular formula is C50H83NO8. The fourth-order valence-corrected chi connectivity index (χ4v) is 11.2. The van der Waals surface area contributed by atoms with Crippen molar-refractivity contribution in [2.45, 2.75) is 186 Å². The summed E-state index contributed by atoms with van der Waals surface area (Å²) in [7, 11) is 5.22. The first-order valence-electron chi connectivity index (χ1n) is 23.3. The molecule has 9 heteroatoms. The van der Waals surface area contributed by atoms with Gasteiger partial charge in [0.1, 0.15) is 6.10 Å². The minimum atomic E-state index is -1.30. The van der Waals surface area contributed by atoms with Gasteiger partial charge in [-0.2, -0.15) is 0 Å². The largest absolute Gasteiger partial charge is 0.393 e. The van der Waals surface area contributed by atoms with Crippen LogP contribution in [0.5, 0.6) is 0 Å². The van der Waals surface area contributed by atoms with Gasteiger partial charge in [-0.25, -0.2) is 0 Å². The van der Waals surface area contributed by atoms with E-state index >= 15 is 0 Å². The Morgan fingerprint density at radius 2 is 1.59 bits per heavy atom. The van der Waals surface area contributed by atoms with E-state index in [4.69, 9.17) is 23.7 Å². The summed E-state index contributed by atoms with van der Waals surface area (Å²) in [5, 5.41) is 35.3. The SMILES string of the molecule is CCC1/C=C(/C)CC(C)CC(OC)C2OC(O)(CCN3CCCCC3COC(C(C)=CC3(Cc4ccccc4)CC[C@H](O)C(OC)C3)C(C)C(O)CC1)C(C)CC2OC. The van der Waals surface area contributed by atoms with Crippen LogP contribution in [-0.4, -0.2) is 116 Å². The molecule has 3 aliphatic heterocycles. The van der Waals surface area contributed by atoms with Crippen molar-refractivity contribution in [3.63, 3.8) is 0 Å². The van der Waals surface area contributed by atoms with Crippen LogP contribution in [0.1, 0.15) is 131 Å². The van der Waals surface area contributed by atoms with Gasteiger partial charge in [0, 0.05) is 52.2 Å². The van der Waals surface area contributed by atoms with Crippen LogP contribution in [0.25, 0.3) is 0 Å². The van der Waals surface area contributed by atoms with Gasteiger partial charge in [0.2, 0.25) is 0 Å². The Morgan fingerprint density at radius 3 is 2.29 bits per heavy atom. The topological polar surface area (TPSA) is 110 Å². The van der Waals surface area contributed by atoms with Crippen molar-refractivity contribution in [1.29, 1.82) is 0 Å². The van der Waals surface area contributed by atoms with E-state index in [0.717, 1.165) is 76.3 Å². The van der Waals surface area contributed by atoms with Gasteiger partial charge in [-0.05, 0) is 126 Å². The van der Waals surface area contributed by atoms with E-state index in [1.807, 2.05) is 0 Å². The Bertz CT molecular complexity index is 1460. The number of aliphatic hydroxyl groups is 3. The molecule has 13 unspecified atom stereocenters. The Kier molecular flexibility index (Phi) is 18.5. The lowest BCUT2D eigenvalue weighted by Crippen LogP contribution is -2.58. The first-order valence-corrected chi connectivity index (χ1v) is 23.3. The van der Waals surface area contributed by atoms with Gasteiger partial charge in [-0.1, -0.05) is 82.2 Å². The number of nitrogens with zero attached hydrogens (tertiary/aromatic N) is 1. The quantitative estimate of drug-likeness (QED) is 0.222. The van der Waals surface area contributed by atoms with E-state index in [2.05, 4.69) is 88.9 Å². The third-order valence-corrected chi connectivity index (χ3v) is 14.9. The van der Waals surface area contributed by atoms with Gasteiger partial charge in [0.05, 0.1) is 43.2 Å². The highest BCUT2D eigenvalue weighted by atomic mass is 16.7. The summed E-state index contributed by atoms with van der Waals surface area (Å²) in [6, 6.07) is 10.8. The Hall–Kier alpha value is -1.66. The highest BCUT2D eigenvalue weighted by Crippen LogP contribution is 2.44. The van der Waals surface area contributed by atoms with Gasteiger partial charge in [0.25, 0.3) is 0 Å². The summed E-state index contributed by atoms with van der Waals surface area (Å²) in [6.07, 6.45) is 14.5. The zero-order valence-corrected chi connectivity index (χ0v) is 38.3. The molecule has 1 aromatic carbocycles. The number of piperidine rings is 1. The molecule has 0 spiro atoms. The molecule has 9 nitrogen and oxygen atoms in total. The number of aliphatic hydroxyl groups excluding tert-OH is 2. The Labute approximate surface area is 358 Å². The summed E-state index contributed by atoms with van der Waals surface area (Å²) < 4.78 is 32.0. The molecule has 2 bridgehead atoms. The lowest BCUT2D eigenvalue weighted by molar-refractivity contribution is -0.324. The van der Waals surface area contributed by atoms with Crippen molar-refractivity contribution in [2.24, 2.45) is 29.1 Å². The van der Waals surface area contributed by atoms with Crippen LogP contribution in [0.3, 0.4) is 0 Å². The maximum Gasteiger partial charge on any atom is 0.169 e. The summed E-state index contributed by atoms with van der Waals surface area (Å²) in [5.74, 6) is -0.812. The molecule has 4 aliphatic rings. The van der Waals surface area contributed by atoms with E-state index in [1.165, 1.54) is 11.1 Å². The molecule has 3 fully saturated rings. The molecule has 5 rings (SSSR count). The molecule has 1 saturated carbocycles. The van der Waals surface area contributed by atoms with Gasteiger partial charge in [-0.15, -0.1) is 0 Å². The predicted octanol–water partition coefficient (Wildman–Crippen LogP) is 8.67. The molecule has 0 amide bonds. The number of hydrogen-bond acceptors (Lipinski definition) is 9. The van der Waals surface area contributed by atoms with Crippen molar-refractivity contribution in [3.05, 3.63) is 59.2 Å². The highest BCUT2D eigenvalue weighted by molar-refractivity contribution is 5.23. The second-order valence-corrected chi connectivity index (χ2v) is 19.5. The van der Waals surface area contributed by atoms with Crippen molar-refractivity contribution in [2.75, 3.05) is 41.0 Å². The van der Waals surface area contributed by atoms with Gasteiger partial charge in [0.15, 0.2) is 5.79 Å². The molecule has 0 radical (unpaired) electrons. The molecule has 2 saturated heterocycles. The van der Waals surface area contributed by atoms with Crippen LogP contribution in [0.15, 0.2) is 53.6 Å². The van der Waals surface area contributed by atoms with E-state index in [1.54, 1.807) is 21.3 Å². The first-order chi connectivity index (χ1) is 28.2. The normalized spacial score (nSPS) is 41.6. The number of fused-ring (bicyclic) bond motifs is 3. The lowest BCUT2D eigenvalue weighted by atomic mass is 9.67. The number of rotatable bonds is 8. The van der Waals surface area contributed by atoms with Crippen LogP contribution < -0.4 is 0 Å². The first kappa shape index (κ1) is 48.4. The standard InChI is InChI=1S/C50H83NO8/c1-10-39-19-20-42(52)38(6)47(36(4)30-49(31-40-16-12-11-13-17-40)22-21-43(53)46(32-49)57-9)58-33-41-18-14-15-24-51(41)25-23-50(54)37(5)29-45(56-8)48(59-50)44(55-7)28-35(3)26-34(2)27-39/h11-13,16-17,27,30,35,37-39,41-48,52-54H,10,14-15,18-26,28-29,31-33H2,1-9H3/b34-27-,36-30?/t35?,37?,38?,39?,41?,42?,43-,44?,45?,46?,47?,48?,49?,50?/m0/s1. The van der Waals surface area contributed by atoms with Crippen LogP contribution in [-0.2, 0) is 30.1 Å². The molecule has 14 atom stereocenters. The minimum Gasteiger partial charge on any atom is -0.393 e. The fraction of sp³-hybridized carbons (Fsp3) is 0.800. The van der Waals surface area contributed by atoms with Crippen LogP contribution in [0.4, 0.5) is 0 Å². The molecule has 3 heterocycles. The molecular weight excluding hydrogens is 743 g/mol. The van der Waals surface area contributed by atoms with Crippen LogP contribution >= 0.6 is 0 Å². The third kappa shape index (κ3) is 13.0. The smallest absolute Gasteiger partial charge is 0.169 e. The second-order valence-electron chi connectivity index (χ2n) is 19.5. The number of allylic oxidation sites excluding steroid dienone is 3. The van der Waals surface area contributed by atoms with E-state index < -0.39 is 18.0 Å². The third-order valence-electron chi connectivity index (χ3n) is 14.9. The fourth-order valence-electron chi connectivity index (χ4n) is 11.2. The maximum absolute atomic E-state index is 12.3. The molecule has 0 aromatic heterocycles. The average Bonchev–Trinajstić information content (AvgIpc) is 3.22. The van der Waals surface area contributed by atoms with Crippen molar-refractivity contribution >= 4 is 0 Å². The van der Waals surface area contributed by atoms with E-state index in [9.17, 15) is 15.3 Å². The number of hydrogen-bond donors (Lipinski definition) is 3. The number of ether oxygens (including phenoxy) is 5. The van der Waals surface area contributed by atoms with Gasteiger partial charge in [-0.3, -0.25) is 4.90 Å². The molecule has 336 valence electrons. The van der Waals surface area contributed by atoms with Crippen molar-refractivity contribution < 1.29 is 39.0 Å². The molecule has 1 aromatic rings. The number of methoxy groups -OCH3 is 3. The zero-order chi connectivity index (χ0) is 42.7. The highest BCUT2D eigenvalue weighted by Gasteiger charge is 2.49. The second kappa shape index (κ2) is 22.6. The van der Waals surface area contributed by atoms with Gasteiger partial charge < -0.3 is 39.0 Å². The Morgan fingerprint density at radius 1 is 0.881 bits per heavy atom. The Balaban J connectivity index is 1.48. The van der Waals surface area contributed by atoms with Gasteiger partial charge >= 0.3 is 0 Å². The summed E-state index contributed by atoms with van der Waals surface area (Å²) in [4.78, 5) is 2.51. The number of benzene rings is 1. The molecule has 3 N–H and O–H groups in total. The van der Waals surface area contributed by atoms with Crippen LogP contribution in [0.2, 0.25) is 0 Å². The van der Waals surface area contributed by atoms with Crippen LogP contribution in [0, 0.1) is 29.1 Å². The summed E-state index contributed by atoms with van der Waals surface area (Å²) in [5.41, 5.74) is 3.54. The summed E-state index contributed by atoms with van der Waals surface area (Å²) >= 11 is 0. The minimum absolute atomic E-state index is 0.0998. The van der Waals surface area contributed by atoms with Crippen molar-refractivity contribution in [3.8, 4) is 0 Å². The maximum atomic E-state index is 12.3. The average molecular weight is 826 g/mol. The van der Waals surface area contributed by atoms with Crippen molar-refractivity contribution in [1.82, 2.24) is 4.90 Å². The zero-order valence-electron chi connectivity index (χ0n) is 38.3. The molecule has 1 aliphatic carbocycles. The molecule has 59 heavy (non-hydrogen) atoms. The van der Waals surface area contributed by atoms with E-state index in [0.29, 0.717) is 50.7 Å². The lowest BCUT2D eigenvalue weighted by Gasteiger charge is -2.48. The monoisotopic (exact) mass is 826 g/mol. The summed E-state index contributed by atoms with van der Waals surface area (Å²) in [6.45, 7) is 15.4.